The molecule has 0 radical (unpaired) electrons. The molecule has 0 N–H and O–H groups in total. The zero-order chi connectivity index (χ0) is 12.1. The Morgan fingerprint density at radius 2 is 2.12 bits per heavy atom. The highest BCUT2D eigenvalue weighted by Crippen LogP contribution is 2.08. The summed E-state index contributed by atoms with van der Waals surface area (Å²) < 4.78 is 5.28. The summed E-state index contributed by atoms with van der Waals surface area (Å²) >= 11 is 0. The Morgan fingerprint density at radius 1 is 1.35 bits per heavy atom. The Hall–Kier alpha value is -1.19. The van der Waals surface area contributed by atoms with Gasteiger partial charge in [-0.3, -0.25) is 9.69 Å². The first-order chi connectivity index (χ1) is 8.25. The van der Waals surface area contributed by atoms with E-state index in [4.69, 9.17) is 4.74 Å². The summed E-state index contributed by atoms with van der Waals surface area (Å²) in [4.78, 5) is 14.3. The van der Waals surface area contributed by atoms with E-state index in [1.807, 2.05) is 31.2 Å². The van der Waals surface area contributed by atoms with Crippen LogP contribution >= 0.6 is 0 Å². The number of hydrogen-bond donors (Lipinski definition) is 0. The van der Waals surface area contributed by atoms with Crippen LogP contribution in [0.4, 0.5) is 0 Å². The molecule has 1 aliphatic heterocycles. The number of Topliss-reactive ketones (excluding diaryl/α,β-unsaturated/α-hetero) is 1. The van der Waals surface area contributed by atoms with Crippen LogP contribution in [-0.2, 0) is 4.74 Å². The lowest BCUT2D eigenvalue weighted by atomic mass is 10.1. The average Bonchev–Trinajstić information content (AvgIpc) is 2.37. The van der Waals surface area contributed by atoms with Gasteiger partial charge in [-0.15, -0.1) is 0 Å². The largest absolute Gasteiger partial charge is 0.379 e. The fourth-order valence-electron chi connectivity index (χ4n) is 2.05. The van der Waals surface area contributed by atoms with Crippen LogP contribution in [-0.4, -0.2) is 43.5 Å². The number of benzene rings is 1. The van der Waals surface area contributed by atoms with Crippen molar-refractivity contribution in [3.63, 3.8) is 0 Å². The first kappa shape index (κ1) is 12.3. The van der Waals surface area contributed by atoms with E-state index in [0.29, 0.717) is 6.42 Å². The summed E-state index contributed by atoms with van der Waals surface area (Å²) in [7, 11) is 0. The summed E-state index contributed by atoms with van der Waals surface area (Å²) in [5.74, 6) is 0.236. The van der Waals surface area contributed by atoms with Crippen molar-refractivity contribution >= 4 is 5.78 Å². The molecule has 0 bridgehead atoms. The SMILES string of the molecule is Cc1cccc(C(=O)CCN2CCOCC2)c1. The van der Waals surface area contributed by atoms with Crippen LogP contribution in [0.1, 0.15) is 22.3 Å². The fourth-order valence-corrected chi connectivity index (χ4v) is 2.05. The molecule has 1 aromatic carbocycles. The van der Waals surface area contributed by atoms with Gasteiger partial charge >= 0.3 is 0 Å². The molecule has 17 heavy (non-hydrogen) atoms. The van der Waals surface area contributed by atoms with E-state index in [0.717, 1.165) is 44.0 Å². The van der Waals surface area contributed by atoms with Gasteiger partial charge in [0.15, 0.2) is 5.78 Å². The number of carbonyl (C=O) groups is 1. The van der Waals surface area contributed by atoms with Crippen molar-refractivity contribution < 1.29 is 9.53 Å². The van der Waals surface area contributed by atoms with Gasteiger partial charge in [0.2, 0.25) is 0 Å². The van der Waals surface area contributed by atoms with Gasteiger partial charge in [-0.25, -0.2) is 0 Å². The Balaban J connectivity index is 1.84. The highest BCUT2D eigenvalue weighted by molar-refractivity contribution is 5.96. The van der Waals surface area contributed by atoms with Gasteiger partial charge < -0.3 is 4.74 Å². The van der Waals surface area contributed by atoms with Crippen LogP contribution in [0.2, 0.25) is 0 Å². The van der Waals surface area contributed by atoms with Gasteiger partial charge in [0.1, 0.15) is 0 Å². The van der Waals surface area contributed by atoms with Crippen molar-refractivity contribution in [2.24, 2.45) is 0 Å². The van der Waals surface area contributed by atoms with E-state index in [2.05, 4.69) is 4.90 Å². The summed E-state index contributed by atoms with van der Waals surface area (Å²) in [6, 6.07) is 7.81. The summed E-state index contributed by atoms with van der Waals surface area (Å²) in [6.07, 6.45) is 0.601. The molecule has 3 heteroatoms. The second-order valence-corrected chi connectivity index (χ2v) is 4.50. The Kier molecular flexibility index (Phi) is 4.29. The average molecular weight is 233 g/mol. The van der Waals surface area contributed by atoms with Crippen LogP contribution in [0.15, 0.2) is 24.3 Å². The number of aryl methyl sites for hydroxylation is 1. The normalized spacial score (nSPS) is 17.0. The highest BCUT2D eigenvalue weighted by atomic mass is 16.5. The second-order valence-electron chi connectivity index (χ2n) is 4.50. The molecule has 1 fully saturated rings. The molecule has 1 aromatic rings. The maximum Gasteiger partial charge on any atom is 0.164 e. The van der Waals surface area contributed by atoms with Gasteiger partial charge in [0.25, 0.3) is 0 Å². The molecule has 0 atom stereocenters. The molecule has 0 spiro atoms. The molecule has 0 amide bonds. The lowest BCUT2D eigenvalue weighted by Gasteiger charge is -2.26. The first-order valence-electron chi connectivity index (χ1n) is 6.16. The summed E-state index contributed by atoms with van der Waals surface area (Å²) in [6.45, 7) is 6.33. The minimum Gasteiger partial charge on any atom is -0.379 e. The van der Waals surface area contributed by atoms with E-state index >= 15 is 0 Å². The zero-order valence-electron chi connectivity index (χ0n) is 10.3. The summed E-state index contributed by atoms with van der Waals surface area (Å²) in [5.41, 5.74) is 1.97. The molecule has 3 nitrogen and oxygen atoms in total. The number of ketones is 1. The van der Waals surface area contributed by atoms with E-state index in [1.165, 1.54) is 0 Å². The molecule has 1 heterocycles. The van der Waals surface area contributed by atoms with E-state index < -0.39 is 0 Å². The Morgan fingerprint density at radius 3 is 2.82 bits per heavy atom. The number of rotatable bonds is 4. The van der Waals surface area contributed by atoms with Crippen LogP contribution in [0.5, 0.6) is 0 Å². The van der Waals surface area contributed by atoms with Crippen molar-refractivity contribution in [3.8, 4) is 0 Å². The van der Waals surface area contributed by atoms with Crippen molar-refractivity contribution in [1.29, 1.82) is 0 Å². The molecule has 0 aliphatic carbocycles. The molecular formula is C14H19NO2. The third-order valence-corrected chi connectivity index (χ3v) is 3.10. The van der Waals surface area contributed by atoms with Crippen molar-refractivity contribution in [1.82, 2.24) is 4.90 Å². The van der Waals surface area contributed by atoms with Crippen molar-refractivity contribution in [3.05, 3.63) is 35.4 Å². The Bertz CT molecular complexity index is 384. The number of ether oxygens (including phenoxy) is 1. The molecule has 0 unspecified atom stereocenters. The fraction of sp³-hybridized carbons (Fsp3) is 0.500. The number of nitrogens with zero attached hydrogens (tertiary/aromatic N) is 1. The maximum absolute atomic E-state index is 12.0. The quantitative estimate of drug-likeness (QED) is 0.744. The predicted molar refractivity (Wildman–Crippen MR) is 67.4 cm³/mol. The van der Waals surface area contributed by atoms with Gasteiger partial charge in [-0.05, 0) is 13.0 Å². The topological polar surface area (TPSA) is 29.5 Å². The zero-order valence-corrected chi connectivity index (χ0v) is 10.3. The molecule has 1 aliphatic rings. The van der Waals surface area contributed by atoms with Gasteiger partial charge in [-0.2, -0.15) is 0 Å². The molecule has 0 aromatic heterocycles. The highest BCUT2D eigenvalue weighted by Gasteiger charge is 2.12. The minimum absolute atomic E-state index is 0.236. The number of hydrogen-bond acceptors (Lipinski definition) is 3. The molecule has 92 valence electrons. The number of morpholine rings is 1. The van der Waals surface area contributed by atoms with Crippen molar-refractivity contribution in [2.45, 2.75) is 13.3 Å². The second kappa shape index (κ2) is 5.94. The van der Waals surface area contributed by atoms with E-state index in [9.17, 15) is 4.79 Å². The summed E-state index contributed by atoms with van der Waals surface area (Å²) in [5, 5.41) is 0. The number of carbonyl (C=O) groups excluding carboxylic acids is 1. The lowest BCUT2D eigenvalue weighted by Crippen LogP contribution is -2.37. The molecule has 0 saturated carbocycles. The first-order valence-corrected chi connectivity index (χ1v) is 6.16. The van der Waals surface area contributed by atoms with E-state index in [1.54, 1.807) is 0 Å². The third-order valence-electron chi connectivity index (χ3n) is 3.10. The molecule has 2 rings (SSSR count). The van der Waals surface area contributed by atoms with Crippen LogP contribution in [0.25, 0.3) is 0 Å². The standard InChI is InChI=1S/C14H19NO2/c1-12-3-2-4-13(11-12)14(16)5-6-15-7-9-17-10-8-15/h2-4,11H,5-10H2,1H3. The van der Waals surface area contributed by atoms with Crippen LogP contribution in [0.3, 0.4) is 0 Å². The van der Waals surface area contributed by atoms with E-state index in [-0.39, 0.29) is 5.78 Å². The molecule has 1 saturated heterocycles. The van der Waals surface area contributed by atoms with Crippen LogP contribution in [0, 0.1) is 6.92 Å². The maximum atomic E-state index is 12.0. The lowest BCUT2D eigenvalue weighted by molar-refractivity contribution is 0.0370. The van der Waals surface area contributed by atoms with Gasteiger partial charge in [0, 0.05) is 31.6 Å². The van der Waals surface area contributed by atoms with Crippen molar-refractivity contribution in [2.75, 3.05) is 32.8 Å². The monoisotopic (exact) mass is 233 g/mol. The smallest absolute Gasteiger partial charge is 0.164 e. The van der Waals surface area contributed by atoms with Crippen LogP contribution < -0.4 is 0 Å². The third kappa shape index (κ3) is 3.65. The molecular weight excluding hydrogens is 214 g/mol. The van der Waals surface area contributed by atoms with Gasteiger partial charge in [-0.1, -0.05) is 23.8 Å². The van der Waals surface area contributed by atoms with Gasteiger partial charge in [0.05, 0.1) is 13.2 Å². The Labute approximate surface area is 102 Å². The minimum atomic E-state index is 0.236. The predicted octanol–water partition coefficient (Wildman–Crippen LogP) is 1.90.